The molecule has 0 fully saturated rings. The molecule has 2 atom stereocenters. The standard InChI is InChI=1S/C18H38O2/c1-5-8-10-12-18(7-3)16-20-14-13-19-15-17(4)11-9-6-2/h17-18H,5-16H2,1-4H3. The molecule has 0 heterocycles. The summed E-state index contributed by atoms with van der Waals surface area (Å²) in [5, 5.41) is 0. The van der Waals surface area contributed by atoms with Gasteiger partial charge in [-0.05, 0) is 24.7 Å². The molecule has 2 heteroatoms. The van der Waals surface area contributed by atoms with E-state index in [2.05, 4.69) is 27.7 Å². The molecule has 0 aromatic rings. The minimum absolute atomic E-state index is 0.687. The minimum atomic E-state index is 0.687. The number of hydrogen-bond acceptors (Lipinski definition) is 2. The van der Waals surface area contributed by atoms with Crippen molar-refractivity contribution in [2.24, 2.45) is 11.8 Å². The summed E-state index contributed by atoms with van der Waals surface area (Å²) in [6.45, 7) is 12.4. The van der Waals surface area contributed by atoms with E-state index in [9.17, 15) is 0 Å². The van der Waals surface area contributed by atoms with Crippen LogP contribution in [0.15, 0.2) is 0 Å². The van der Waals surface area contributed by atoms with Gasteiger partial charge in [0.05, 0.1) is 13.2 Å². The van der Waals surface area contributed by atoms with Crippen molar-refractivity contribution in [2.45, 2.75) is 79.1 Å². The maximum atomic E-state index is 5.76. The molecule has 0 saturated heterocycles. The second kappa shape index (κ2) is 15.3. The summed E-state index contributed by atoms with van der Waals surface area (Å²) in [7, 11) is 0. The van der Waals surface area contributed by atoms with Crippen molar-refractivity contribution in [1.82, 2.24) is 0 Å². The molecule has 0 saturated carbocycles. The predicted octanol–water partition coefficient (Wildman–Crippen LogP) is 5.45. The quantitative estimate of drug-likeness (QED) is 0.373. The molecule has 0 radical (unpaired) electrons. The lowest BCUT2D eigenvalue weighted by Crippen LogP contribution is -2.14. The fourth-order valence-electron chi connectivity index (χ4n) is 2.38. The highest BCUT2D eigenvalue weighted by Gasteiger charge is 2.06. The first-order valence-corrected chi connectivity index (χ1v) is 8.89. The van der Waals surface area contributed by atoms with Crippen molar-refractivity contribution in [1.29, 1.82) is 0 Å². The highest BCUT2D eigenvalue weighted by atomic mass is 16.5. The normalized spacial score (nSPS) is 14.4. The van der Waals surface area contributed by atoms with Gasteiger partial charge in [0.25, 0.3) is 0 Å². The van der Waals surface area contributed by atoms with E-state index in [4.69, 9.17) is 9.47 Å². The molecule has 0 rings (SSSR count). The van der Waals surface area contributed by atoms with Crippen LogP contribution in [0.1, 0.15) is 79.1 Å². The van der Waals surface area contributed by atoms with Crippen LogP contribution >= 0.6 is 0 Å². The Morgan fingerprint density at radius 2 is 1.40 bits per heavy atom. The average Bonchev–Trinajstić information content (AvgIpc) is 2.46. The molecule has 20 heavy (non-hydrogen) atoms. The van der Waals surface area contributed by atoms with Crippen molar-refractivity contribution >= 4 is 0 Å². The van der Waals surface area contributed by atoms with Crippen LogP contribution in [-0.2, 0) is 9.47 Å². The smallest absolute Gasteiger partial charge is 0.0700 e. The number of ether oxygens (including phenoxy) is 2. The highest BCUT2D eigenvalue weighted by molar-refractivity contribution is 4.56. The van der Waals surface area contributed by atoms with Gasteiger partial charge in [0.2, 0.25) is 0 Å². The number of hydrogen-bond donors (Lipinski definition) is 0. The lowest BCUT2D eigenvalue weighted by Gasteiger charge is -2.15. The van der Waals surface area contributed by atoms with E-state index in [-0.39, 0.29) is 0 Å². The van der Waals surface area contributed by atoms with Gasteiger partial charge in [-0.25, -0.2) is 0 Å². The van der Waals surface area contributed by atoms with Crippen LogP contribution in [0.3, 0.4) is 0 Å². The summed E-state index contributed by atoms with van der Waals surface area (Å²) in [6, 6.07) is 0. The summed E-state index contributed by atoms with van der Waals surface area (Å²) in [5.74, 6) is 1.43. The van der Waals surface area contributed by atoms with Gasteiger partial charge in [0.15, 0.2) is 0 Å². The van der Waals surface area contributed by atoms with Gasteiger partial charge in [0, 0.05) is 13.2 Å². The Kier molecular flexibility index (Phi) is 15.3. The fraction of sp³-hybridized carbons (Fsp3) is 1.00. The largest absolute Gasteiger partial charge is 0.379 e. The zero-order valence-corrected chi connectivity index (χ0v) is 14.5. The van der Waals surface area contributed by atoms with Crippen LogP contribution in [-0.4, -0.2) is 26.4 Å². The van der Waals surface area contributed by atoms with E-state index in [1.54, 1.807) is 0 Å². The monoisotopic (exact) mass is 286 g/mol. The van der Waals surface area contributed by atoms with E-state index in [0.29, 0.717) is 5.92 Å². The predicted molar refractivity (Wildman–Crippen MR) is 88.3 cm³/mol. The lowest BCUT2D eigenvalue weighted by molar-refractivity contribution is 0.0209. The summed E-state index contributed by atoms with van der Waals surface area (Å²) in [5.41, 5.74) is 0. The molecule has 0 bridgehead atoms. The Bertz CT molecular complexity index is 182. The molecule has 2 nitrogen and oxygen atoms in total. The number of unbranched alkanes of at least 4 members (excludes halogenated alkanes) is 3. The van der Waals surface area contributed by atoms with Crippen molar-refractivity contribution in [3.63, 3.8) is 0 Å². The first-order chi connectivity index (χ1) is 9.74. The van der Waals surface area contributed by atoms with Gasteiger partial charge in [-0.3, -0.25) is 0 Å². The van der Waals surface area contributed by atoms with E-state index in [1.165, 1.54) is 51.4 Å². The highest BCUT2D eigenvalue weighted by Crippen LogP contribution is 2.14. The van der Waals surface area contributed by atoms with Crippen LogP contribution in [0.4, 0.5) is 0 Å². The van der Waals surface area contributed by atoms with Crippen molar-refractivity contribution < 1.29 is 9.47 Å². The van der Waals surface area contributed by atoms with Gasteiger partial charge in [-0.2, -0.15) is 0 Å². The van der Waals surface area contributed by atoms with Crippen LogP contribution in [0.5, 0.6) is 0 Å². The van der Waals surface area contributed by atoms with Gasteiger partial charge >= 0.3 is 0 Å². The first-order valence-electron chi connectivity index (χ1n) is 8.89. The summed E-state index contributed by atoms with van der Waals surface area (Å²) in [6.07, 6.45) is 10.5. The molecular formula is C18H38O2. The Morgan fingerprint density at radius 3 is 2.00 bits per heavy atom. The van der Waals surface area contributed by atoms with E-state index in [1.807, 2.05) is 0 Å². The molecule has 0 aromatic carbocycles. The lowest BCUT2D eigenvalue weighted by atomic mass is 10.00. The molecule has 0 amide bonds. The summed E-state index contributed by atoms with van der Waals surface area (Å²) in [4.78, 5) is 0. The topological polar surface area (TPSA) is 18.5 Å². The van der Waals surface area contributed by atoms with Crippen molar-refractivity contribution in [2.75, 3.05) is 26.4 Å². The Balaban J connectivity index is 3.36. The summed E-state index contributed by atoms with van der Waals surface area (Å²) < 4.78 is 11.4. The van der Waals surface area contributed by atoms with Gasteiger partial charge in [-0.1, -0.05) is 66.2 Å². The molecule has 0 spiro atoms. The third-order valence-electron chi connectivity index (χ3n) is 3.97. The second-order valence-electron chi connectivity index (χ2n) is 6.17. The first kappa shape index (κ1) is 19.9. The maximum Gasteiger partial charge on any atom is 0.0700 e. The van der Waals surface area contributed by atoms with Gasteiger partial charge < -0.3 is 9.47 Å². The molecular weight excluding hydrogens is 248 g/mol. The van der Waals surface area contributed by atoms with Crippen molar-refractivity contribution in [3.05, 3.63) is 0 Å². The second-order valence-corrected chi connectivity index (χ2v) is 6.17. The summed E-state index contributed by atoms with van der Waals surface area (Å²) >= 11 is 0. The van der Waals surface area contributed by atoms with Crippen LogP contribution in [0.25, 0.3) is 0 Å². The molecule has 0 aromatic heterocycles. The van der Waals surface area contributed by atoms with Crippen LogP contribution in [0.2, 0.25) is 0 Å². The minimum Gasteiger partial charge on any atom is -0.379 e. The fourth-order valence-corrected chi connectivity index (χ4v) is 2.38. The molecule has 122 valence electrons. The maximum absolute atomic E-state index is 5.76. The molecule has 0 aliphatic rings. The average molecular weight is 286 g/mol. The third kappa shape index (κ3) is 12.9. The molecule has 2 unspecified atom stereocenters. The van der Waals surface area contributed by atoms with E-state index >= 15 is 0 Å². The van der Waals surface area contributed by atoms with E-state index < -0.39 is 0 Å². The Morgan fingerprint density at radius 1 is 0.750 bits per heavy atom. The van der Waals surface area contributed by atoms with E-state index in [0.717, 1.165) is 32.3 Å². The Hall–Kier alpha value is -0.0800. The van der Waals surface area contributed by atoms with Crippen molar-refractivity contribution in [3.8, 4) is 0 Å². The number of rotatable bonds is 15. The zero-order chi connectivity index (χ0) is 15.1. The van der Waals surface area contributed by atoms with Crippen LogP contribution in [0, 0.1) is 11.8 Å². The molecule has 0 N–H and O–H groups in total. The van der Waals surface area contributed by atoms with Gasteiger partial charge in [0.1, 0.15) is 0 Å². The Labute approximate surface area is 127 Å². The molecule has 0 aliphatic heterocycles. The third-order valence-corrected chi connectivity index (χ3v) is 3.97. The zero-order valence-electron chi connectivity index (χ0n) is 14.5. The SMILES string of the molecule is CCCCCC(CC)COCCOCC(C)CCCC. The molecule has 0 aliphatic carbocycles. The van der Waals surface area contributed by atoms with Gasteiger partial charge in [-0.15, -0.1) is 0 Å². The van der Waals surface area contributed by atoms with Crippen LogP contribution < -0.4 is 0 Å².